The topological polar surface area (TPSA) is 77.8 Å². The van der Waals surface area contributed by atoms with Crippen LogP contribution in [0.5, 0.6) is 0 Å². The van der Waals surface area contributed by atoms with Gasteiger partial charge < -0.3 is 19.2 Å². The smallest absolute Gasteiger partial charge is 0.337 e. The molecule has 1 aliphatic rings. The molecule has 0 bridgehead atoms. The number of carbonyl (C=O) groups is 2. The molecular formula is C20H23NO5. The molecule has 1 saturated carbocycles. The van der Waals surface area contributed by atoms with Gasteiger partial charge in [0.15, 0.2) is 0 Å². The van der Waals surface area contributed by atoms with Crippen molar-refractivity contribution < 1.29 is 23.5 Å². The minimum Gasteiger partial charge on any atom is -0.465 e. The van der Waals surface area contributed by atoms with E-state index in [0.29, 0.717) is 23.9 Å². The highest BCUT2D eigenvalue weighted by Gasteiger charge is 2.17. The van der Waals surface area contributed by atoms with Crippen molar-refractivity contribution in [2.24, 2.45) is 0 Å². The number of benzene rings is 1. The number of rotatable bonds is 6. The van der Waals surface area contributed by atoms with E-state index < -0.39 is 11.9 Å². The molecule has 1 aliphatic carbocycles. The Bertz CT molecular complexity index is 755. The summed E-state index contributed by atoms with van der Waals surface area (Å²) in [4.78, 5) is 23.8. The lowest BCUT2D eigenvalue weighted by Gasteiger charge is -2.10. The molecule has 6 heteroatoms. The second kappa shape index (κ2) is 8.19. The summed E-state index contributed by atoms with van der Waals surface area (Å²) in [7, 11) is 2.60. The van der Waals surface area contributed by atoms with Crippen molar-refractivity contribution in [2.75, 3.05) is 14.2 Å². The fourth-order valence-electron chi connectivity index (χ4n) is 3.24. The molecule has 138 valence electrons. The van der Waals surface area contributed by atoms with Crippen LogP contribution in [-0.2, 0) is 16.0 Å². The lowest BCUT2D eigenvalue weighted by Crippen LogP contribution is -2.24. The van der Waals surface area contributed by atoms with Gasteiger partial charge in [0.25, 0.3) is 0 Å². The van der Waals surface area contributed by atoms with Crippen molar-refractivity contribution in [1.82, 2.24) is 5.32 Å². The predicted octanol–water partition coefficient (Wildman–Crippen LogP) is 3.55. The quantitative estimate of drug-likeness (QED) is 0.797. The lowest BCUT2D eigenvalue weighted by atomic mass is 10.0. The number of hydrogen-bond donors (Lipinski definition) is 1. The average molecular weight is 357 g/mol. The van der Waals surface area contributed by atoms with Gasteiger partial charge in [0.1, 0.15) is 11.5 Å². The number of nitrogens with one attached hydrogen (secondary N) is 1. The van der Waals surface area contributed by atoms with Crippen LogP contribution in [-0.4, -0.2) is 32.2 Å². The second-order valence-corrected chi connectivity index (χ2v) is 6.41. The van der Waals surface area contributed by atoms with Crippen molar-refractivity contribution >= 4 is 11.9 Å². The fraction of sp³-hybridized carbons (Fsp3) is 0.400. The Hall–Kier alpha value is -2.60. The maximum Gasteiger partial charge on any atom is 0.337 e. The molecular weight excluding hydrogens is 334 g/mol. The van der Waals surface area contributed by atoms with Crippen LogP contribution >= 0.6 is 0 Å². The van der Waals surface area contributed by atoms with Crippen LogP contribution in [0.4, 0.5) is 0 Å². The maximum atomic E-state index is 11.9. The van der Waals surface area contributed by atoms with E-state index in [4.69, 9.17) is 13.9 Å². The zero-order valence-corrected chi connectivity index (χ0v) is 15.0. The van der Waals surface area contributed by atoms with E-state index in [1.165, 1.54) is 46.0 Å². The highest BCUT2D eigenvalue weighted by atomic mass is 16.5. The second-order valence-electron chi connectivity index (χ2n) is 6.41. The standard InChI is InChI=1S/C20H23NO5/c1-24-19(22)14-9-13(10-15(11-14)20(23)25-2)18-8-7-17(26-18)12-21-16-5-3-4-6-16/h7-11,16,21H,3-6,12H2,1-2H3. The van der Waals surface area contributed by atoms with Gasteiger partial charge in [-0.3, -0.25) is 0 Å². The highest BCUT2D eigenvalue weighted by Crippen LogP contribution is 2.26. The van der Waals surface area contributed by atoms with Gasteiger partial charge in [-0.15, -0.1) is 0 Å². The Morgan fingerprint density at radius 1 is 1.04 bits per heavy atom. The molecule has 26 heavy (non-hydrogen) atoms. The largest absolute Gasteiger partial charge is 0.465 e. The normalized spacial score (nSPS) is 14.4. The SMILES string of the molecule is COC(=O)c1cc(C(=O)OC)cc(-c2ccc(CNC3CCCC3)o2)c1. The van der Waals surface area contributed by atoms with Crippen LogP contribution in [0, 0.1) is 0 Å². The molecule has 0 saturated heterocycles. The monoisotopic (exact) mass is 357 g/mol. The third kappa shape index (κ3) is 4.14. The number of esters is 2. The van der Waals surface area contributed by atoms with Crippen LogP contribution in [0.3, 0.4) is 0 Å². The third-order valence-electron chi connectivity index (χ3n) is 4.64. The number of ether oxygens (including phenoxy) is 2. The summed E-state index contributed by atoms with van der Waals surface area (Å²) in [5.74, 6) is 0.359. The van der Waals surface area contributed by atoms with Gasteiger partial charge in [0.2, 0.25) is 0 Å². The summed E-state index contributed by atoms with van der Waals surface area (Å²) in [6.45, 7) is 0.658. The molecule has 0 unspecified atom stereocenters. The van der Waals surface area contributed by atoms with Crippen molar-refractivity contribution in [2.45, 2.75) is 38.3 Å². The van der Waals surface area contributed by atoms with Crippen molar-refractivity contribution in [3.05, 3.63) is 47.2 Å². The summed E-state index contributed by atoms with van der Waals surface area (Å²) in [6, 6.07) is 9.03. The molecule has 1 heterocycles. The zero-order chi connectivity index (χ0) is 18.5. The van der Waals surface area contributed by atoms with Crippen molar-refractivity contribution in [3.8, 4) is 11.3 Å². The molecule has 1 aromatic heterocycles. The van der Waals surface area contributed by atoms with Crippen LogP contribution < -0.4 is 5.32 Å². The van der Waals surface area contributed by atoms with Crippen LogP contribution in [0.15, 0.2) is 34.7 Å². The number of furan rings is 1. The Balaban J connectivity index is 1.83. The summed E-state index contributed by atoms with van der Waals surface area (Å²) in [6.07, 6.45) is 4.96. The molecule has 2 aromatic rings. The van der Waals surface area contributed by atoms with E-state index in [9.17, 15) is 9.59 Å². The third-order valence-corrected chi connectivity index (χ3v) is 4.64. The Kier molecular flexibility index (Phi) is 5.73. The highest BCUT2D eigenvalue weighted by molar-refractivity contribution is 5.97. The van der Waals surface area contributed by atoms with Gasteiger partial charge in [-0.25, -0.2) is 9.59 Å². The summed E-state index contributed by atoms with van der Waals surface area (Å²) in [5, 5.41) is 3.50. The molecule has 0 radical (unpaired) electrons. The van der Waals surface area contributed by atoms with E-state index in [2.05, 4.69) is 5.32 Å². The van der Waals surface area contributed by atoms with Gasteiger partial charge in [-0.05, 0) is 43.2 Å². The van der Waals surface area contributed by atoms with Crippen molar-refractivity contribution in [1.29, 1.82) is 0 Å². The zero-order valence-electron chi connectivity index (χ0n) is 15.0. The molecule has 0 spiro atoms. The number of methoxy groups -OCH3 is 2. The van der Waals surface area contributed by atoms with Gasteiger partial charge in [-0.2, -0.15) is 0 Å². The molecule has 0 aliphatic heterocycles. The maximum absolute atomic E-state index is 11.9. The Labute approximate surface area is 152 Å². The van der Waals surface area contributed by atoms with Crippen LogP contribution in [0.2, 0.25) is 0 Å². The lowest BCUT2D eigenvalue weighted by molar-refractivity contribution is 0.0599. The average Bonchev–Trinajstić information content (AvgIpc) is 3.36. The Morgan fingerprint density at radius 2 is 1.65 bits per heavy atom. The van der Waals surface area contributed by atoms with Gasteiger partial charge in [-0.1, -0.05) is 12.8 Å². The van der Waals surface area contributed by atoms with Crippen LogP contribution in [0.1, 0.15) is 52.2 Å². The van der Waals surface area contributed by atoms with Crippen molar-refractivity contribution in [3.63, 3.8) is 0 Å². The minimum atomic E-state index is -0.522. The molecule has 1 N–H and O–H groups in total. The first kappa shape index (κ1) is 18.2. The van der Waals surface area contributed by atoms with E-state index in [1.54, 1.807) is 12.1 Å². The minimum absolute atomic E-state index is 0.271. The van der Waals surface area contributed by atoms with Gasteiger partial charge in [0, 0.05) is 11.6 Å². The van der Waals surface area contributed by atoms with E-state index >= 15 is 0 Å². The Morgan fingerprint density at radius 3 is 2.23 bits per heavy atom. The van der Waals surface area contributed by atoms with Crippen LogP contribution in [0.25, 0.3) is 11.3 Å². The van der Waals surface area contributed by atoms with E-state index in [0.717, 1.165) is 5.76 Å². The van der Waals surface area contributed by atoms with E-state index in [-0.39, 0.29) is 11.1 Å². The summed E-state index contributed by atoms with van der Waals surface area (Å²) in [5.41, 5.74) is 1.17. The van der Waals surface area contributed by atoms with E-state index in [1.807, 2.05) is 12.1 Å². The molecule has 1 fully saturated rings. The first-order valence-electron chi connectivity index (χ1n) is 8.75. The summed E-state index contributed by atoms with van der Waals surface area (Å²) < 4.78 is 15.4. The summed E-state index contributed by atoms with van der Waals surface area (Å²) >= 11 is 0. The molecule has 3 rings (SSSR count). The molecule has 1 aromatic carbocycles. The van der Waals surface area contributed by atoms with Gasteiger partial charge in [0.05, 0.1) is 31.9 Å². The molecule has 0 atom stereocenters. The number of carbonyl (C=O) groups excluding carboxylic acids is 2. The fourth-order valence-corrected chi connectivity index (χ4v) is 3.24. The number of hydrogen-bond acceptors (Lipinski definition) is 6. The molecule has 0 amide bonds. The first-order chi connectivity index (χ1) is 12.6. The predicted molar refractivity (Wildman–Crippen MR) is 95.9 cm³/mol. The molecule has 6 nitrogen and oxygen atoms in total. The first-order valence-corrected chi connectivity index (χ1v) is 8.75. The van der Waals surface area contributed by atoms with Gasteiger partial charge >= 0.3 is 11.9 Å².